The molecule has 1 amide bonds. The molecular formula is C26H30N4O3. The van der Waals surface area contributed by atoms with Crippen LogP contribution in [0.5, 0.6) is 11.5 Å². The van der Waals surface area contributed by atoms with Crippen LogP contribution in [0.3, 0.4) is 0 Å². The number of para-hydroxylation sites is 1. The van der Waals surface area contributed by atoms with Gasteiger partial charge in [0.1, 0.15) is 6.33 Å². The van der Waals surface area contributed by atoms with E-state index in [9.17, 15) is 4.79 Å². The second-order valence-corrected chi connectivity index (χ2v) is 8.57. The summed E-state index contributed by atoms with van der Waals surface area (Å²) in [7, 11) is 3.28. The summed E-state index contributed by atoms with van der Waals surface area (Å²) in [6.07, 6.45) is 7.33. The van der Waals surface area contributed by atoms with Crippen LogP contribution in [0, 0.1) is 5.41 Å². The summed E-state index contributed by atoms with van der Waals surface area (Å²) in [5.41, 5.74) is 9.47. The van der Waals surface area contributed by atoms with E-state index >= 15 is 0 Å². The Kier molecular flexibility index (Phi) is 6.89. The quantitative estimate of drug-likeness (QED) is 0.570. The Morgan fingerprint density at radius 3 is 2.55 bits per heavy atom. The number of rotatable bonds is 8. The van der Waals surface area contributed by atoms with Crippen LogP contribution >= 0.6 is 0 Å². The third-order valence-electron chi connectivity index (χ3n) is 6.47. The Morgan fingerprint density at radius 2 is 1.82 bits per heavy atom. The second kappa shape index (κ2) is 10.0. The normalized spacial score (nSPS) is 18.6. The van der Waals surface area contributed by atoms with E-state index in [1.54, 1.807) is 26.6 Å². The van der Waals surface area contributed by atoms with Crippen LogP contribution in [-0.4, -0.2) is 48.1 Å². The van der Waals surface area contributed by atoms with Crippen LogP contribution in [0.2, 0.25) is 0 Å². The lowest BCUT2D eigenvalue weighted by atomic mass is 9.73. The first kappa shape index (κ1) is 22.7. The van der Waals surface area contributed by atoms with Crippen molar-refractivity contribution in [2.75, 3.05) is 27.3 Å². The Hall–Kier alpha value is -3.45. The number of hydrogen-bond acceptors (Lipinski definition) is 6. The maximum Gasteiger partial charge on any atom is 0.225 e. The van der Waals surface area contributed by atoms with Crippen molar-refractivity contribution in [2.24, 2.45) is 11.1 Å². The van der Waals surface area contributed by atoms with Crippen molar-refractivity contribution in [1.29, 1.82) is 0 Å². The van der Waals surface area contributed by atoms with Gasteiger partial charge in [-0.25, -0.2) is 9.97 Å². The van der Waals surface area contributed by atoms with Crippen molar-refractivity contribution in [1.82, 2.24) is 14.9 Å². The van der Waals surface area contributed by atoms with Gasteiger partial charge in [0, 0.05) is 36.6 Å². The fourth-order valence-electron chi connectivity index (χ4n) is 4.87. The van der Waals surface area contributed by atoms with Gasteiger partial charge in [-0.3, -0.25) is 9.69 Å². The molecule has 1 atom stereocenters. The van der Waals surface area contributed by atoms with Crippen molar-refractivity contribution in [2.45, 2.75) is 25.8 Å². The van der Waals surface area contributed by atoms with E-state index in [4.69, 9.17) is 15.2 Å². The average Bonchev–Trinajstić information content (AvgIpc) is 2.85. The topological polar surface area (TPSA) is 90.6 Å². The average molecular weight is 447 g/mol. The number of nitrogens with two attached hydrogens (primary N) is 1. The van der Waals surface area contributed by atoms with Gasteiger partial charge in [0.2, 0.25) is 5.91 Å². The molecule has 1 aromatic heterocycles. The van der Waals surface area contributed by atoms with Crippen molar-refractivity contribution in [3.05, 3.63) is 72.3 Å². The van der Waals surface area contributed by atoms with Crippen LogP contribution in [0.1, 0.15) is 24.0 Å². The van der Waals surface area contributed by atoms with Gasteiger partial charge >= 0.3 is 0 Å². The third-order valence-corrected chi connectivity index (χ3v) is 6.47. The lowest BCUT2D eigenvalue weighted by molar-refractivity contribution is -0.131. The molecule has 4 rings (SSSR count). The minimum atomic E-state index is -0.657. The first-order valence-corrected chi connectivity index (χ1v) is 11.1. The minimum absolute atomic E-state index is 0.260. The molecule has 1 aliphatic rings. The van der Waals surface area contributed by atoms with Gasteiger partial charge in [0.15, 0.2) is 11.5 Å². The van der Waals surface area contributed by atoms with Gasteiger partial charge in [0.25, 0.3) is 0 Å². The lowest BCUT2D eigenvalue weighted by Crippen LogP contribution is -2.51. The number of methoxy groups -OCH3 is 2. The molecule has 7 heteroatoms. The molecule has 1 saturated heterocycles. The highest BCUT2D eigenvalue weighted by Crippen LogP contribution is 2.38. The monoisotopic (exact) mass is 446 g/mol. The summed E-state index contributed by atoms with van der Waals surface area (Å²) in [5, 5.41) is 0. The Balaban J connectivity index is 1.61. The fourth-order valence-corrected chi connectivity index (χ4v) is 4.87. The number of benzene rings is 2. The molecule has 0 aliphatic carbocycles. The van der Waals surface area contributed by atoms with E-state index in [0.29, 0.717) is 25.3 Å². The molecule has 0 spiro atoms. The number of ether oxygens (including phenoxy) is 2. The molecule has 7 nitrogen and oxygen atoms in total. The number of hydrogen-bond donors (Lipinski definition) is 1. The number of aromatic nitrogens is 2. The maximum atomic E-state index is 12.9. The van der Waals surface area contributed by atoms with Gasteiger partial charge in [-0.05, 0) is 43.0 Å². The zero-order valence-electron chi connectivity index (χ0n) is 19.2. The van der Waals surface area contributed by atoms with Gasteiger partial charge in [-0.2, -0.15) is 0 Å². The van der Waals surface area contributed by atoms with E-state index in [0.717, 1.165) is 47.4 Å². The zero-order valence-corrected chi connectivity index (χ0v) is 19.2. The molecule has 0 saturated carbocycles. The molecule has 2 heterocycles. The highest BCUT2D eigenvalue weighted by molar-refractivity contribution is 5.82. The summed E-state index contributed by atoms with van der Waals surface area (Å²) in [4.78, 5) is 23.5. The first-order chi connectivity index (χ1) is 16.1. The molecule has 33 heavy (non-hydrogen) atoms. The number of carbonyl (C=O) groups excluding carboxylic acids is 1. The Bertz CT molecular complexity index is 1110. The molecule has 2 N–H and O–H groups in total. The Labute approximate surface area is 194 Å². The van der Waals surface area contributed by atoms with Crippen LogP contribution < -0.4 is 15.2 Å². The molecule has 1 fully saturated rings. The summed E-state index contributed by atoms with van der Waals surface area (Å²) in [5.74, 6) is 1.17. The van der Waals surface area contributed by atoms with E-state index < -0.39 is 5.41 Å². The molecule has 0 bridgehead atoms. The summed E-state index contributed by atoms with van der Waals surface area (Å²) in [6.45, 7) is 2.13. The van der Waals surface area contributed by atoms with Crippen molar-refractivity contribution in [3.8, 4) is 22.6 Å². The number of carbonyl (C=O) groups is 1. The maximum absolute atomic E-state index is 12.9. The summed E-state index contributed by atoms with van der Waals surface area (Å²) in [6, 6.07) is 14.0. The standard InChI is InChI=1S/C26H30N4O3/c1-32-23-10-5-8-20(24(23)33-2)16-30-12-6-11-26(17-30,25(27)31)13-19-7-3-4-9-22(19)21-14-28-18-29-15-21/h3-5,7-10,14-15,18H,6,11-13,16-17H2,1-2H3,(H2,27,31)/t26-/m1/s1. The van der Waals surface area contributed by atoms with Gasteiger partial charge < -0.3 is 15.2 Å². The number of nitrogens with zero attached hydrogens (tertiary/aromatic N) is 3. The minimum Gasteiger partial charge on any atom is -0.493 e. The number of amides is 1. The molecular weight excluding hydrogens is 416 g/mol. The number of primary amides is 1. The molecule has 172 valence electrons. The zero-order chi connectivity index (χ0) is 23.3. The molecule has 1 aliphatic heterocycles. The summed E-state index contributed by atoms with van der Waals surface area (Å²) < 4.78 is 11.1. The van der Waals surface area contributed by atoms with Gasteiger partial charge in [-0.15, -0.1) is 0 Å². The predicted octanol–water partition coefficient (Wildman–Crippen LogP) is 3.47. The Morgan fingerprint density at radius 1 is 1.06 bits per heavy atom. The van der Waals surface area contributed by atoms with E-state index in [2.05, 4.69) is 20.9 Å². The number of likely N-dealkylation sites (tertiary alicyclic amines) is 1. The van der Waals surface area contributed by atoms with Crippen LogP contribution in [0.25, 0.3) is 11.1 Å². The first-order valence-electron chi connectivity index (χ1n) is 11.1. The second-order valence-electron chi connectivity index (χ2n) is 8.57. The van der Waals surface area contributed by atoms with E-state index in [-0.39, 0.29) is 5.91 Å². The lowest BCUT2D eigenvalue weighted by Gasteiger charge is -2.41. The highest BCUT2D eigenvalue weighted by atomic mass is 16.5. The third kappa shape index (κ3) is 4.83. The van der Waals surface area contributed by atoms with E-state index in [1.807, 2.05) is 36.4 Å². The van der Waals surface area contributed by atoms with Crippen molar-refractivity contribution in [3.63, 3.8) is 0 Å². The molecule has 0 radical (unpaired) electrons. The van der Waals surface area contributed by atoms with Crippen molar-refractivity contribution >= 4 is 5.91 Å². The SMILES string of the molecule is COc1cccc(CN2CCC[C@](Cc3ccccc3-c3cncnc3)(C(N)=O)C2)c1OC. The largest absolute Gasteiger partial charge is 0.493 e. The summed E-state index contributed by atoms with van der Waals surface area (Å²) >= 11 is 0. The van der Waals surface area contributed by atoms with Crippen LogP contribution in [0.15, 0.2) is 61.2 Å². The van der Waals surface area contributed by atoms with Crippen molar-refractivity contribution < 1.29 is 14.3 Å². The number of piperidine rings is 1. The fraction of sp³-hybridized carbons (Fsp3) is 0.346. The van der Waals surface area contributed by atoms with Crippen LogP contribution in [0.4, 0.5) is 0 Å². The molecule has 2 aromatic carbocycles. The van der Waals surface area contributed by atoms with Gasteiger partial charge in [-0.1, -0.05) is 36.4 Å². The smallest absolute Gasteiger partial charge is 0.225 e. The predicted molar refractivity (Wildman–Crippen MR) is 127 cm³/mol. The van der Waals surface area contributed by atoms with E-state index in [1.165, 1.54) is 6.33 Å². The van der Waals surface area contributed by atoms with Gasteiger partial charge in [0.05, 0.1) is 19.6 Å². The molecule has 3 aromatic rings. The highest BCUT2D eigenvalue weighted by Gasteiger charge is 2.41. The van der Waals surface area contributed by atoms with Crippen LogP contribution in [-0.2, 0) is 17.8 Å². The molecule has 0 unspecified atom stereocenters.